The van der Waals surface area contributed by atoms with E-state index in [2.05, 4.69) is 5.32 Å². The molecule has 0 aliphatic carbocycles. The first-order chi connectivity index (χ1) is 11.1. The lowest BCUT2D eigenvalue weighted by atomic mass is 9.98. The molecule has 24 heavy (non-hydrogen) atoms. The number of nitrogens with zero attached hydrogens (tertiary/aromatic N) is 1. The number of hydrogen-bond donors (Lipinski definition) is 1. The topological polar surface area (TPSA) is 71.8 Å². The number of rotatable bonds is 3. The van der Waals surface area contributed by atoms with Crippen LogP contribution in [0.15, 0.2) is 16.5 Å². The summed E-state index contributed by atoms with van der Waals surface area (Å²) in [5.41, 5.74) is -0.506. The highest BCUT2D eigenvalue weighted by atomic mass is 16.6. The van der Waals surface area contributed by atoms with Gasteiger partial charge >= 0.3 is 6.09 Å². The lowest BCUT2D eigenvalue weighted by Gasteiger charge is -2.38. The number of likely N-dealkylation sites (tertiary alicyclic amines) is 1. The van der Waals surface area contributed by atoms with Gasteiger partial charge in [-0.3, -0.25) is 4.79 Å². The van der Waals surface area contributed by atoms with E-state index in [4.69, 9.17) is 9.15 Å². The molecule has 1 fully saturated rings. The Hall–Kier alpha value is -1.98. The molecule has 1 aromatic heterocycles. The fourth-order valence-electron chi connectivity index (χ4n) is 2.98. The number of ether oxygens (including phenoxy) is 1. The summed E-state index contributed by atoms with van der Waals surface area (Å²) in [4.78, 5) is 26.2. The van der Waals surface area contributed by atoms with Crippen LogP contribution in [-0.2, 0) is 16.0 Å². The summed E-state index contributed by atoms with van der Waals surface area (Å²) in [6.07, 6.45) is 1.34. The zero-order valence-electron chi connectivity index (χ0n) is 15.2. The number of carbonyl (C=O) groups excluding carboxylic acids is 2. The largest absolute Gasteiger partial charge is 0.466 e. The quantitative estimate of drug-likeness (QED) is 0.921. The maximum absolute atomic E-state index is 12.5. The molecule has 0 bridgehead atoms. The molecule has 1 N–H and O–H groups in total. The molecule has 134 valence electrons. The molecule has 0 radical (unpaired) electrons. The van der Waals surface area contributed by atoms with Crippen molar-refractivity contribution in [1.82, 2.24) is 10.2 Å². The van der Waals surface area contributed by atoms with E-state index in [1.807, 2.05) is 51.7 Å². The summed E-state index contributed by atoms with van der Waals surface area (Å²) in [6.45, 7) is 10.0. The molecule has 2 heterocycles. The molecule has 0 saturated carbocycles. The molecule has 0 aromatic carbocycles. The maximum atomic E-state index is 12.5. The lowest BCUT2D eigenvalue weighted by Crippen LogP contribution is -2.51. The average molecular weight is 336 g/mol. The minimum absolute atomic E-state index is 0.0322. The Labute approximate surface area is 143 Å². The van der Waals surface area contributed by atoms with Gasteiger partial charge in [-0.05, 0) is 59.6 Å². The number of hydrogen-bond acceptors (Lipinski definition) is 4. The van der Waals surface area contributed by atoms with Crippen molar-refractivity contribution in [3.63, 3.8) is 0 Å². The predicted octanol–water partition coefficient (Wildman–Crippen LogP) is 3.03. The number of amides is 2. The van der Waals surface area contributed by atoms with Crippen LogP contribution in [0.25, 0.3) is 0 Å². The monoisotopic (exact) mass is 336 g/mol. The van der Waals surface area contributed by atoms with Crippen LogP contribution in [0.4, 0.5) is 4.79 Å². The molecular formula is C18H28N2O4. The third-order valence-corrected chi connectivity index (χ3v) is 4.04. The molecule has 2 atom stereocenters. The summed E-state index contributed by atoms with van der Waals surface area (Å²) in [5.74, 6) is 1.57. The predicted molar refractivity (Wildman–Crippen MR) is 90.7 cm³/mol. The second kappa shape index (κ2) is 7.28. The van der Waals surface area contributed by atoms with Crippen molar-refractivity contribution in [1.29, 1.82) is 0 Å². The number of furan rings is 1. The standard InChI is InChI=1S/C18H28N2O4/c1-12-10-14(19-17(22)24-18(3,4)5)8-9-20(12)16(21)11-15-7-6-13(2)23-15/h6-7,12,14H,8-11H2,1-5H3,(H,19,22)/t12-,14+/m0/s1. The second-order valence-corrected chi connectivity index (χ2v) is 7.49. The van der Waals surface area contributed by atoms with Gasteiger partial charge in [0.05, 0.1) is 6.42 Å². The van der Waals surface area contributed by atoms with E-state index in [1.165, 1.54) is 0 Å². The zero-order chi connectivity index (χ0) is 17.9. The Morgan fingerprint density at radius 3 is 2.62 bits per heavy atom. The van der Waals surface area contributed by atoms with Crippen LogP contribution in [0.5, 0.6) is 0 Å². The molecule has 0 spiro atoms. The summed E-state index contributed by atoms with van der Waals surface area (Å²) >= 11 is 0. The number of nitrogens with one attached hydrogen (secondary N) is 1. The number of alkyl carbamates (subject to hydrolysis) is 1. The van der Waals surface area contributed by atoms with E-state index in [0.29, 0.717) is 12.3 Å². The lowest BCUT2D eigenvalue weighted by molar-refractivity contribution is -0.134. The van der Waals surface area contributed by atoms with Crippen molar-refractivity contribution in [3.05, 3.63) is 23.7 Å². The van der Waals surface area contributed by atoms with E-state index < -0.39 is 11.7 Å². The van der Waals surface area contributed by atoms with E-state index in [0.717, 1.165) is 18.6 Å². The number of carbonyl (C=O) groups is 2. The van der Waals surface area contributed by atoms with Crippen molar-refractivity contribution in [2.45, 2.75) is 71.6 Å². The summed E-state index contributed by atoms with van der Waals surface area (Å²) in [6, 6.07) is 3.81. The van der Waals surface area contributed by atoms with Crippen LogP contribution >= 0.6 is 0 Å². The Morgan fingerprint density at radius 2 is 2.08 bits per heavy atom. The van der Waals surface area contributed by atoms with Crippen molar-refractivity contribution in [2.24, 2.45) is 0 Å². The highest BCUT2D eigenvalue weighted by Crippen LogP contribution is 2.20. The van der Waals surface area contributed by atoms with Gasteiger partial charge in [-0.25, -0.2) is 4.79 Å². The smallest absolute Gasteiger partial charge is 0.407 e. The van der Waals surface area contributed by atoms with Crippen molar-refractivity contribution >= 4 is 12.0 Å². The first kappa shape index (κ1) is 18.4. The van der Waals surface area contributed by atoms with Crippen molar-refractivity contribution < 1.29 is 18.7 Å². The molecule has 2 amide bonds. The SMILES string of the molecule is Cc1ccc(CC(=O)N2CC[C@@H](NC(=O)OC(C)(C)C)C[C@@H]2C)o1. The Balaban J connectivity index is 1.84. The van der Waals surface area contributed by atoms with Crippen LogP contribution in [0.3, 0.4) is 0 Å². The fraction of sp³-hybridized carbons (Fsp3) is 0.667. The van der Waals surface area contributed by atoms with Crippen molar-refractivity contribution in [2.75, 3.05) is 6.54 Å². The normalized spacial score (nSPS) is 21.5. The van der Waals surface area contributed by atoms with Crippen molar-refractivity contribution in [3.8, 4) is 0 Å². The van der Waals surface area contributed by atoms with Gasteiger partial charge in [0.1, 0.15) is 17.1 Å². The summed E-state index contributed by atoms with van der Waals surface area (Å²) < 4.78 is 10.8. The second-order valence-electron chi connectivity index (χ2n) is 7.49. The molecule has 6 heteroatoms. The molecule has 1 aliphatic rings. The van der Waals surface area contributed by atoms with Crippen LogP contribution in [0, 0.1) is 6.92 Å². The van der Waals surface area contributed by atoms with E-state index in [9.17, 15) is 9.59 Å². The first-order valence-electron chi connectivity index (χ1n) is 8.48. The zero-order valence-corrected chi connectivity index (χ0v) is 15.2. The fourth-order valence-corrected chi connectivity index (χ4v) is 2.98. The van der Waals surface area contributed by atoms with Crippen LogP contribution in [0.2, 0.25) is 0 Å². The van der Waals surface area contributed by atoms with Crippen LogP contribution < -0.4 is 5.32 Å². The Bertz CT molecular complexity index is 588. The number of piperidine rings is 1. The van der Waals surface area contributed by atoms with Crippen LogP contribution in [-0.4, -0.2) is 41.1 Å². The third kappa shape index (κ3) is 5.28. The van der Waals surface area contributed by atoms with E-state index >= 15 is 0 Å². The van der Waals surface area contributed by atoms with Gasteiger partial charge < -0.3 is 19.4 Å². The summed E-state index contributed by atoms with van der Waals surface area (Å²) in [5, 5.41) is 2.90. The molecule has 1 saturated heterocycles. The molecular weight excluding hydrogens is 308 g/mol. The van der Waals surface area contributed by atoms with Gasteiger partial charge in [-0.1, -0.05) is 0 Å². The molecule has 1 aromatic rings. The summed E-state index contributed by atoms with van der Waals surface area (Å²) in [7, 11) is 0. The Kier molecular flexibility index (Phi) is 5.57. The highest BCUT2D eigenvalue weighted by Gasteiger charge is 2.30. The maximum Gasteiger partial charge on any atom is 0.407 e. The van der Waals surface area contributed by atoms with E-state index in [-0.39, 0.29) is 24.4 Å². The van der Waals surface area contributed by atoms with Gasteiger partial charge in [0.15, 0.2) is 0 Å². The molecule has 1 aliphatic heterocycles. The Morgan fingerprint density at radius 1 is 1.38 bits per heavy atom. The number of aryl methyl sites for hydroxylation is 1. The minimum atomic E-state index is -0.506. The molecule has 0 unspecified atom stereocenters. The van der Waals surface area contributed by atoms with Gasteiger partial charge in [0, 0.05) is 18.6 Å². The van der Waals surface area contributed by atoms with Gasteiger partial charge in [0.25, 0.3) is 0 Å². The molecule has 2 rings (SSSR count). The van der Waals surface area contributed by atoms with E-state index in [1.54, 1.807) is 0 Å². The first-order valence-corrected chi connectivity index (χ1v) is 8.48. The van der Waals surface area contributed by atoms with Gasteiger partial charge in [-0.2, -0.15) is 0 Å². The van der Waals surface area contributed by atoms with Crippen LogP contribution in [0.1, 0.15) is 52.1 Å². The average Bonchev–Trinajstić information content (AvgIpc) is 2.81. The van der Waals surface area contributed by atoms with Gasteiger partial charge in [-0.15, -0.1) is 0 Å². The minimum Gasteiger partial charge on any atom is -0.466 e. The highest BCUT2D eigenvalue weighted by molar-refractivity contribution is 5.78. The third-order valence-electron chi connectivity index (χ3n) is 4.04. The van der Waals surface area contributed by atoms with Gasteiger partial charge in [0.2, 0.25) is 5.91 Å². The molecule has 6 nitrogen and oxygen atoms in total.